The van der Waals surface area contributed by atoms with Crippen LogP contribution in [0.3, 0.4) is 0 Å². The Kier molecular flexibility index (Phi) is 9.56. The summed E-state index contributed by atoms with van der Waals surface area (Å²) >= 11 is 0. The number of hydrogen-bond donors (Lipinski definition) is 1. The van der Waals surface area contributed by atoms with Gasteiger partial charge in [0.25, 0.3) is 0 Å². The number of aliphatic hydroxyl groups is 1. The average Bonchev–Trinajstić information content (AvgIpc) is 3.11. The first-order valence-corrected chi connectivity index (χ1v) is 20.2. The first kappa shape index (κ1) is 32.0. The summed E-state index contributed by atoms with van der Waals surface area (Å²) in [5.41, 5.74) is 1.04. The lowest BCUT2D eigenvalue weighted by Gasteiger charge is -2.44. The number of aliphatic hydroxyl groups excluding tert-OH is 1. The zero-order chi connectivity index (χ0) is 28.1. The van der Waals surface area contributed by atoms with E-state index in [9.17, 15) is 5.11 Å². The molecule has 3 nitrogen and oxygen atoms in total. The van der Waals surface area contributed by atoms with Crippen LogP contribution in [0.4, 0.5) is 0 Å². The fourth-order valence-corrected chi connectivity index (χ4v) is 8.59. The van der Waals surface area contributed by atoms with Gasteiger partial charge >= 0.3 is 0 Å². The fraction of sp³-hybridized carbons (Fsp3) is 0.871. The SMILES string of the molecule is C=C1C[C@H]2[C@H](/C=C/C(O[Si](C)(C)C(C)(C)C)C(C)(C)CC(C)C)[C@H](O[Si](C)(C)C(C)(C)C)C[C@@H]2C1O. The Labute approximate surface area is 226 Å². The van der Waals surface area contributed by atoms with Crippen LogP contribution in [0.2, 0.25) is 36.3 Å². The molecule has 0 amide bonds. The molecule has 2 aliphatic rings. The summed E-state index contributed by atoms with van der Waals surface area (Å²) < 4.78 is 14.2. The molecule has 0 saturated heterocycles. The second kappa shape index (κ2) is 10.8. The van der Waals surface area contributed by atoms with E-state index in [0.29, 0.717) is 17.8 Å². The zero-order valence-corrected chi connectivity index (χ0v) is 28.3. The van der Waals surface area contributed by atoms with Gasteiger partial charge in [-0.3, -0.25) is 0 Å². The molecule has 2 unspecified atom stereocenters. The quantitative estimate of drug-likeness (QED) is 0.236. The molecule has 0 aromatic carbocycles. The predicted molar refractivity (Wildman–Crippen MR) is 161 cm³/mol. The molecule has 6 atom stereocenters. The van der Waals surface area contributed by atoms with E-state index in [1.165, 1.54) is 0 Å². The summed E-state index contributed by atoms with van der Waals surface area (Å²) in [5, 5.41) is 11.2. The number of hydrogen-bond acceptors (Lipinski definition) is 3. The molecule has 210 valence electrons. The van der Waals surface area contributed by atoms with E-state index in [0.717, 1.165) is 24.8 Å². The van der Waals surface area contributed by atoms with Gasteiger partial charge < -0.3 is 14.0 Å². The van der Waals surface area contributed by atoms with E-state index in [2.05, 4.69) is 114 Å². The molecular weight excluding hydrogens is 477 g/mol. The molecule has 1 N–H and O–H groups in total. The topological polar surface area (TPSA) is 38.7 Å². The van der Waals surface area contributed by atoms with Gasteiger partial charge in [0.15, 0.2) is 16.6 Å². The predicted octanol–water partition coefficient (Wildman–Crippen LogP) is 8.97. The van der Waals surface area contributed by atoms with Gasteiger partial charge in [-0.2, -0.15) is 0 Å². The van der Waals surface area contributed by atoms with Crippen LogP contribution in [0.25, 0.3) is 0 Å². The van der Waals surface area contributed by atoms with Crippen molar-refractivity contribution in [3.63, 3.8) is 0 Å². The number of rotatable bonds is 9. The van der Waals surface area contributed by atoms with Crippen molar-refractivity contribution in [2.24, 2.45) is 29.1 Å². The van der Waals surface area contributed by atoms with Crippen LogP contribution in [0.5, 0.6) is 0 Å². The minimum Gasteiger partial charge on any atom is -0.413 e. The third-order valence-electron chi connectivity index (χ3n) is 9.99. The largest absolute Gasteiger partial charge is 0.413 e. The van der Waals surface area contributed by atoms with E-state index in [1.807, 2.05) is 0 Å². The Bertz CT molecular complexity index is 798. The van der Waals surface area contributed by atoms with E-state index >= 15 is 0 Å². The molecule has 5 heteroatoms. The maximum atomic E-state index is 10.9. The highest BCUT2D eigenvalue weighted by atomic mass is 28.4. The van der Waals surface area contributed by atoms with Crippen LogP contribution in [-0.2, 0) is 8.85 Å². The summed E-state index contributed by atoms with van der Waals surface area (Å²) in [6.45, 7) is 36.9. The van der Waals surface area contributed by atoms with Crippen molar-refractivity contribution in [2.45, 2.75) is 143 Å². The molecular formula is C31H60O3Si2. The molecule has 36 heavy (non-hydrogen) atoms. The molecule has 2 aliphatic carbocycles. The molecule has 2 rings (SSSR count). The Balaban J connectivity index is 2.45. The van der Waals surface area contributed by atoms with Gasteiger partial charge in [-0.05, 0) is 84.3 Å². The molecule has 0 bridgehead atoms. The normalized spacial score (nSPS) is 29.4. The van der Waals surface area contributed by atoms with Crippen LogP contribution in [0, 0.1) is 29.1 Å². The molecule has 0 aliphatic heterocycles. The first-order valence-electron chi connectivity index (χ1n) is 14.4. The molecule has 0 aromatic rings. The summed E-state index contributed by atoms with van der Waals surface area (Å²) in [6, 6.07) is 0. The van der Waals surface area contributed by atoms with E-state index in [4.69, 9.17) is 8.85 Å². The maximum Gasteiger partial charge on any atom is 0.192 e. The Hall–Kier alpha value is -0.206. The summed E-state index contributed by atoms with van der Waals surface area (Å²) in [5.74, 6) is 1.56. The van der Waals surface area contributed by atoms with Gasteiger partial charge in [-0.25, -0.2) is 0 Å². The van der Waals surface area contributed by atoms with Gasteiger partial charge in [-0.1, -0.05) is 88.0 Å². The lowest BCUT2D eigenvalue weighted by molar-refractivity contribution is 0.0796. The van der Waals surface area contributed by atoms with Gasteiger partial charge in [0.1, 0.15) is 0 Å². The van der Waals surface area contributed by atoms with Crippen molar-refractivity contribution in [1.29, 1.82) is 0 Å². The summed E-state index contributed by atoms with van der Waals surface area (Å²) in [6.07, 6.45) is 7.60. The lowest BCUT2D eigenvalue weighted by atomic mass is 9.78. The van der Waals surface area contributed by atoms with Gasteiger partial charge in [0, 0.05) is 5.92 Å². The van der Waals surface area contributed by atoms with Crippen LogP contribution in [-0.4, -0.2) is 40.1 Å². The maximum absolute atomic E-state index is 10.9. The van der Waals surface area contributed by atoms with Crippen LogP contribution >= 0.6 is 0 Å². The van der Waals surface area contributed by atoms with E-state index in [-0.39, 0.29) is 33.6 Å². The van der Waals surface area contributed by atoms with Crippen molar-refractivity contribution < 1.29 is 14.0 Å². The van der Waals surface area contributed by atoms with Crippen molar-refractivity contribution in [3.05, 3.63) is 24.3 Å². The standard InChI is InChI=1S/C31H60O3Si2/c1-21(2)20-31(10,11)27(34-36(14,15)30(7,8)9)17-16-23-24-18-22(3)28(32)25(24)19-26(23)33-35(12,13)29(4,5)6/h16-17,21,23-28,32H,3,18-20H2,1-2,4-15H3/b17-16+/t23-,24-,25-,26+,27?,28?/m0/s1. The van der Waals surface area contributed by atoms with Crippen LogP contribution in [0.1, 0.15) is 88.5 Å². The highest BCUT2D eigenvalue weighted by Gasteiger charge is 2.53. The average molecular weight is 537 g/mol. The monoisotopic (exact) mass is 536 g/mol. The number of fused-ring (bicyclic) bond motifs is 1. The molecule has 2 saturated carbocycles. The van der Waals surface area contributed by atoms with Gasteiger partial charge in [0.2, 0.25) is 0 Å². The summed E-state index contributed by atoms with van der Waals surface area (Å²) in [7, 11) is -3.90. The third-order valence-corrected chi connectivity index (χ3v) is 19.0. The Morgan fingerprint density at radius 3 is 1.94 bits per heavy atom. The van der Waals surface area contributed by atoms with Crippen molar-refractivity contribution in [2.75, 3.05) is 0 Å². The summed E-state index contributed by atoms with van der Waals surface area (Å²) in [4.78, 5) is 0. The second-order valence-electron chi connectivity index (χ2n) is 16.1. The third kappa shape index (κ3) is 7.05. The highest BCUT2D eigenvalue weighted by molar-refractivity contribution is 6.74. The molecule has 0 aromatic heterocycles. The second-order valence-corrected chi connectivity index (χ2v) is 25.6. The minimum absolute atomic E-state index is 0.0345. The Morgan fingerprint density at radius 2 is 1.47 bits per heavy atom. The molecule has 2 fully saturated rings. The van der Waals surface area contributed by atoms with E-state index in [1.54, 1.807) is 0 Å². The van der Waals surface area contributed by atoms with Gasteiger partial charge in [0.05, 0.1) is 18.3 Å². The molecule has 0 radical (unpaired) electrons. The van der Waals surface area contributed by atoms with Crippen molar-refractivity contribution >= 4 is 16.6 Å². The lowest BCUT2D eigenvalue weighted by Crippen LogP contribution is -2.47. The zero-order valence-electron chi connectivity index (χ0n) is 26.3. The molecule has 0 heterocycles. The molecule has 0 spiro atoms. The smallest absolute Gasteiger partial charge is 0.192 e. The van der Waals surface area contributed by atoms with E-state index < -0.39 is 22.7 Å². The fourth-order valence-electron chi connectivity index (χ4n) is 5.84. The van der Waals surface area contributed by atoms with Crippen LogP contribution in [0.15, 0.2) is 24.3 Å². The first-order chi connectivity index (χ1) is 16.0. The Morgan fingerprint density at radius 1 is 0.944 bits per heavy atom. The van der Waals surface area contributed by atoms with Crippen molar-refractivity contribution in [1.82, 2.24) is 0 Å². The van der Waals surface area contributed by atoms with Crippen molar-refractivity contribution in [3.8, 4) is 0 Å². The highest BCUT2D eigenvalue weighted by Crippen LogP contribution is 2.53. The van der Waals surface area contributed by atoms with Crippen LogP contribution < -0.4 is 0 Å². The van der Waals surface area contributed by atoms with Gasteiger partial charge in [-0.15, -0.1) is 0 Å². The minimum atomic E-state index is -1.96.